The number of carbonyl (C=O) groups excluding carboxylic acids is 1. The standard InChI is InChI=1S/C34H29ClF5N5O2/c1-8-19-32(43-13-17(6)44(18(7)14-43)22(46)9-2)20-12-21(35)30(23-24(36)26(38)28(40)27(39)25(23)37)42-33(20)45(34(19)47)31-16(5)10-11-41-29(31)15(3)4/h1,9-12,15,17-18H,2,13-14H2,3-7H3/t17-,18+. The average Bonchev–Trinajstić information content (AvgIpc) is 3.02. The van der Waals surface area contributed by atoms with Crippen LogP contribution in [0.1, 0.15) is 50.4 Å². The highest BCUT2D eigenvalue weighted by Gasteiger charge is 2.36. The summed E-state index contributed by atoms with van der Waals surface area (Å²) in [6.45, 7) is 13.0. The van der Waals surface area contributed by atoms with E-state index in [1.165, 1.54) is 12.1 Å². The van der Waals surface area contributed by atoms with Gasteiger partial charge in [0.2, 0.25) is 11.7 Å². The highest BCUT2D eigenvalue weighted by Crippen LogP contribution is 2.40. The molecule has 1 aromatic carbocycles. The van der Waals surface area contributed by atoms with Crippen molar-refractivity contribution in [2.45, 2.75) is 52.6 Å². The van der Waals surface area contributed by atoms with Crippen molar-refractivity contribution in [1.82, 2.24) is 19.4 Å². The number of rotatable bonds is 5. The minimum Gasteiger partial charge on any atom is -0.366 e. The van der Waals surface area contributed by atoms with Crippen molar-refractivity contribution in [1.29, 1.82) is 0 Å². The molecule has 13 heteroatoms. The highest BCUT2D eigenvalue weighted by molar-refractivity contribution is 6.34. The van der Waals surface area contributed by atoms with E-state index in [-0.39, 0.29) is 65.0 Å². The largest absolute Gasteiger partial charge is 0.366 e. The van der Waals surface area contributed by atoms with Crippen LogP contribution >= 0.6 is 11.6 Å². The predicted molar refractivity (Wildman–Crippen MR) is 170 cm³/mol. The van der Waals surface area contributed by atoms with Crippen LogP contribution in [0.4, 0.5) is 27.6 Å². The fourth-order valence-corrected chi connectivity index (χ4v) is 6.50. The molecule has 1 saturated heterocycles. The molecule has 0 saturated carbocycles. The Bertz CT molecular complexity index is 2050. The quantitative estimate of drug-likeness (QED) is 0.0767. The maximum Gasteiger partial charge on any atom is 0.274 e. The highest BCUT2D eigenvalue weighted by atomic mass is 35.5. The topological polar surface area (TPSA) is 71.3 Å². The van der Waals surface area contributed by atoms with Gasteiger partial charge in [0.05, 0.1) is 33.3 Å². The van der Waals surface area contributed by atoms with Crippen molar-refractivity contribution in [3.05, 3.63) is 92.3 Å². The monoisotopic (exact) mass is 669 g/mol. The van der Waals surface area contributed by atoms with Crippen molar-refractivity contribution in [2.24, 2.45) is 0 Å². The summed E-state index contributed by atoms with van der Waals surface area (Å²) in [4.78, 5) is 39.4. The molecule has 2 atom stereocenters. The molecule has 47 heavy (non-hydrogen) atoms. The van der Waals surface area contributed by atoms with Crippen LogP contribution in [0.3, 0.4) is 0 Å². The minimum absolute atomic E-state index is 0.0970. The van der Waals surface area contributed by atoms with Gasteiger partial charge in [-0.25, -0.2) is 26.9 Å². The summed E-state index contributed by atoms with van der Waals surface area (Å²) in [7, 11) is 0. The van der Waals surface area contributed by atoms with Gasteiger partial charge in [-0.2, -0.15) is 0 Å². The van der Waals surface area contributed by atoms with Crippen LogP contribution in [0.15, 0.2) is 35.8 Å². The Kier molecular flexibility index (Phi) is 8.90. The number of hydrogen-bond acceptors (Lipinski definition) is 5. The lowest BCUT2D eigenvalue weighted by Gasteiger charge is -2.45. The lowest BCUT2D eigenvalue weighted by atomic mass is 10.0. The number of halogens is 6. The zero-order chi connectivity index (χ0) is 34.6. The summed E-state index contributed by atoms with van der Waals surface area (Å²) in [6, 6.07) is 2.12. The van der Waals surface area contributed by atoms with E-state index in [1.54, 1.807) is 29.0 Å². The Balaban J connectivity index is 1.95. The maximum absolute atomic E-state index is 15.1. The number of nitrogens with zero attached hydrogens (tertiary/aromatic N) is 5. The Hall–Kier alpha value is -4.76. The van der Waals surface area contributed by atoms with Gasteiger partial charge in [0.15, 0.2) is 23.3 Å². The van der Waals surface area contributed by atoms with Crippen LogP contribution in [-0.2, 0) is 4.79 Å². The number of aryl methyl sites for hydroxylation is 1. The second kappa shape index (κ2) is 12.4. The van der Waals surface area contributed by atoms with E-state index in [0.29, 0.717) is 11.3 Å². The molecule has 0 unspecified atom stereocenters. The molecule has 3 aromatic heterocycles. The van der Waals surface area contributed by atoms with E-state index in [9.17, 15) is 22.8 Å². The fraction of sp³-hybridized carbons (Fsp3) is 0.294. The molecule has 0 aliphatic carbocycles. The zero-order valence-corrected chi connectivity index (χ0v) is 26.8. The third-order valence-electron chi connectivity index (χ3n) is 8.26. The molecule has 0 N–H and O–H groups in total. The van der Waals surface area contributed by atoms with Crippen LogP contribution < -0.4 is 10.5 Å². The number of terminal acetylenes is 1. The molecule has 4 aromatic rings. The molecular weight excluding hydrogens is 641 g/mol. The third kappa shape index (κ3) is 5.32. The van der Waals surface area contributed by atoms with Crippen molar-refractivity contribution in [3.63, 3.8) is 0 Å². The third-order valence-corrected chi connectivity index (χ3v) is 8.54. The molecule has 4 heterocycles. The smallest absolute Gasteiger partial charge is 0.274 e. The summed E-state index contributed by atoms with van der Waals surface area (Å²) < 4.78 is 74.2. The second-order valence-electron chi connectivity index (χ2n) is 11.7. The summed E-state index contributed by atoms with van der Waals surface area (Å²) >= 11 is 6.56. The van der Waals surface area contributed by atoms with Gasteiger partial charge in [0.1, 0.15) is 11.2 Å². The van der Waals surface area contributed by atoms with E-state index in [4.69, 9.17) is 18.0 Å². The van der Waals surface area contributed by atoms with Gasteiger partial charge in [-0.05, 0) is 50.5 Å². The van der Waals surface area contributed by atoms with Gasteiger partial charge < -0.3 is 9.80 Å². The number of carbonyl (C=O) groups is 1. The Morgan fingerprint density at radius 3 is 2.17 bits per heavy atom. The Morgan fingerprint density at radius 2 is 1.64 bits per heavy atom. The molecule has 1 aliphatic rings. The first-order valence-corrected chi connectivity index (χ1v) is 15.0. The summed E-state index contributed by atoms with van der Waals surface area (Å²) in [5.74, 6) is -9.03. The van der Waals surface area contributed by atoms with Gasteiger partial charge in [0.25, 0.3) is 5.56 Å². The molecule has 1 aliphatic heterocycles. The Morgan fingerprint density at radius 1 is 1.06 bits per heavy atom. The molecule has 0 spiro atoms. The predicted octanol–water partition coefficient (Wildman–Crippen LogP) is 6.82. The first kappa shape index (κ1) is 33.6. The van der Waals surface area contributed by atoms with E-state index in [0.717, 1.165) is 4.57 Å². The minimum atomic E-state index is -2.34. The van der Waals surface area contributed by atoms with Gasteiger partial charge >= 0.3 is 0 Å². The van der Waals surface area contributed by atoms with Gasteiger partial charge in [0, 0.05) is 36.8 Å². The number of aromatic nitrogens is 3. The molecule has 244 valence electrons. The molecule has 5 rings (SSSR count). The molecule has 7 nitrogen and oxygen atoms in total. The molecule has 1 amide bonds. The number of benzene rings is 1. The van der Waals surface area contributed by atoms with Crippen molar-refractivity contribution < 1.29 is 26.7 Å². The summed E-state index contributed by atoms with van der Waals surface area (Å²) in [6.07, 6.45) is 8.75. The number of fused-ring (bicyclic) bond motifs is 1. The van der Waals surface area contributed by atoms with Gasteiger partial charge in [-0.1, -0.05) is 37.9 Å². The van der Waals surface area contributed by atoms with E-state index >= 15 is 8.78 Å². The second-order valence-corrected chi connectivity index (χ2v) is 12.1. The number of anilines is 1. The van der Waals surface area contributed by atoms with Crippen molar-refractivity contribution >= 4 is 34.2 Å². The van der Waals surface area contributed by atoms with E-state index in [1.807, 2.05) is 27.7 Å². The van der Waals surface area contributed by atoms with Crippen molar-refractivity contribution in [2.75, 3.05) is 18.0 Å². The molecule has 0 bridgehead atoms. The first-order chi connectivity index (χ1) is 22.2. The fourth-order valence-electron chi connectivity index (χ4n) is 6.25. The Labute approximate surface area is 272 Å². The summed E-state index contributed by atoms with van der Waals surface area (Å²) in [5, 5.41) is -0.306. The van der Waals surface area contributed by atoms with Crippen molar-refractivity contribution in [3.8, 4) is 29.3 Å². The van der Waals surface area contributed by atoms with Crippen LogP contribution in [0.25, 0.3) is 28.0 Å². The van der Waals surface area contributed by atoms with Crippen LogP contribution in [0, 0.1) is 48.4 Å². The molecule has 1 fully saturated rings. The number of pyridine rings is 3. The van der Waals surface area contributed by atoms with Crippen LogP contribution in [0.2, 0.25) is 5.02 Å². The SMILES string of the molecule is C#Cc1c(N2C[C@@H](C)N(C(=O)C=C)[C@@H](C)C2)c2cc(Cl)c(-c3c(F)c(F)c(F)c(F)c3F)nc2n(-c2c(C)ccnc2C(C)C)c1=O. The lowest BCUT2D eigenvalue weighted by Crippen LogP contribution is -2.58. The normalized spacial score (nSPS) is 16.6. The number of piperazine rings is 1. The number of hydrogen-bond donors (Lipinski definition) is 0. The molecule has 0 radical (unpaired) electrons. The van der Waals surface area contributed by atoms with Gasteiger partial charge in [-0.15, -0.1) is 6.42 Å². The average molecular weight is 670 g/mol. The van der Waals surface area contributed by atoms with Gasteiger partial charge in [-0.3, -0.25) is 19.1 Å². The molecular formula is C34H29ClF5N5O2. The first-order valence-electron chi connectivity index (χ1n) is 14.6. The lowest BCUT2D eigenvalue weighted by molar-refractivity contribution is -0.130. The zero-order valence-electron chi connectivity index (χ0n) is 26.1. The summed E-state index contributed by atoms with van der Waals surface area (Å²) in [5.41, 5.74) is -1.68. The van der Waals surface area contributed by atoms with Crippen LogP contribution in [-0.4, -0.2) is 50.5 Å². The maximum atomic E-state index is 15.1. The van der Waals surface area contributed by atoms with E-state index < -0.39 is 50.9 Å². The number of amides is 1. The van der Waals surface area contributed by atoms with Crippen LogP contribution in [0.5, 0.6) is 0 Å². The van der Waals surface area contributed by atoms with E-state index in [2.05, 4.69) is 22.5 Å².